The van der Waals surface area contributed by atoms with E-state index in [4.69, 9.17) is 16.4 Å². The van der Waals surface area contributed by atoms with Crippen molar-refractivity contribution < 1.29 is 14.0 Å². The van der Waals surface area contributed by atoms with E-state index in [1.54, 1.807) is 31.2 Å². The second-order valence-corrected chi connectivity index (χ2v) is 6.20. The molecule has 0 saturated heterocycles. The van der Waals surface area contributed by atoms with Gasteiger partial charge in [-0.05, 0) is 19.1 Å². The molecular formula is C18H16ClFN2O2. The largest absolute Gasteiger partial charge is 0.379 e. The van der Waals surface area contributed by atoms with Gasteiger partial charge in [-0.3, -0.25) is 4.79 Å². The topological polar surface area (TPSA) is 50.7 Å². The zero-order valence-corrected chi connectivity index (χ0v) is 13.8. The highest BCUT2D eigenvalue weighted by Gasteiger charge is 2.42. The SMILES string of the molecule is C[C@@]1(C(=O)NCc2ccccc2F)CC(c2ccccc2Cl)=NO1. The summed E-state index contributed by atoms with van der Waals surface area (Å²) >= 11 is 6.16. The van der Waals surface area contributed by atoms with Crippen molar-refractivity contribution in [3.8, 4) is 0 Å². The van der Waals surface area contributed by atoms with Gasteiger partial charge < -0.3 is 10.2 Å². The van der Waals surface area contributed by atoms with Crippen molar-refractivity contribution in [1.29, 1.82) is 0 Å². The zero-order valence-electron chi connectivity index (χ0n) is 13.1. The third-order valence-corrected chi connectivity index (χ3v) is 4.25. The Bertz CT molecular complexity index is 809. The lowest BCUT2D eigenvalue weighted by Crippen LogP contribution is -2.44. The predicted molar refractivity (Wildman–Crippen MR) is 90.3 cm³/mol. The molecule has 124 valence electrons. The van der Waals surface area contributed by atoms with Crippen LogP contribution in [0, 0.1) is 5.82 Å². The first kappa shape index (κ1) is 16.5. The number of benzene rings is 2. The van der Waals surface area contributed by atoms with Gasteiger partial charge in [0.15, 0.2) is 0 Å². The molecule has 1 aliphatic heterocycles. The van der Waals surface area contributed by atoms with E-state index in [1.165, 1.54) is 6.07 Å². The summed E-state index contributed by atoms with van der Waals surface area (Å²) in [5, 5.41) is 7.26. The van der Waals surface area contributed by atoms with Crippen molar-refractivity contribution in [1.82, 2.24) is 5.32 Å². The predicted octanol–water partition coefficient (Wildman–Crippen LogP) is 3.68. The second-order valence-electron chi connectivity index (χ2n) is 5.79. The van der Waals surface area contributed by atoms with Crippen molar-refractivity contribution in [3.63, 3.8) is 0 Å². The fraction of sp³-hybridized carbons (Fsp3) is 0.222. The summed E-state index contributed by atoms with van der Waals surface area (Å²) in [6.45, 7) is 1.74. The Balaban J connectivity index is 1.66. The van der Waals surface area contributed by atoms with E-state index in [-0.39, 0.29) is 18.3 Å². The molecular weight excluding hydrogens is 331 g/mol. The molecule has 0 aromatic heterocycles. The summed E-state index contributed by atoms with van der Waals surface area (Å²) in [7, 11) is 0. The van der Waals surface area contributed by atoms with Gasteiger partial charge in [0, 0.05) is 29.1 Å². The first-order chi connectivity index (χ1) is 11.5. The summed E-state index contributed by atoms with van der Waals surface area (Å²) in [5.41, 5.74) is 0.633. The number of carbonyl (C=O) groups is 1. The lowest BCUT2D eigenvalue weighted by molar-refractivity contribution is -0.141. The molecule has 24 heavy (non-hydrogen) atoms. The molecule has 0 radical (unpaired) electrons. The van der Waals surface area contributed by atoms with E-state index in [2.05, 4.69) is 10.5 Å². The molecule has 2 aromatic carbocycles. The maximum Gasteiger partial charge on any atom is 0.267 e. The maximum absolute atomic E-state index is 13.6. The van der Waals surface area contributed by atoms with Gasteiger partial charge in [0.25, 0.3) is 5.91 Å². The van der Waals surface area contributed by atoms with E-state index in [9.17, 15) is 9.18 Å². The summed E-state index contributed by atoms with van der Waals surface area (Å²) in [6.07, 6.45) is 0.292. The molecule has 1 N–H and O–H groups in total. The van der Waals surface area contributed by atoms with E-state index in [0.717, 1.165) is 5.56 Å². The number of carbonyl (C=O) groups excluding carboxylic acids is 1. The molecule has 0 aliphatic carbocycles. The van der Waals surface area contributed by atoms with Crippen LogP contribution >= 0.6 is 11.6 Å². The third kappa shape index (κ3) is 3.26. The summed E-state index contributed by atoms with van der Waals surface area (Å²) < 4.78 is 13.6. The maximum atomic E-state index is 13.6. The van der Waals surface area contributed by atoms with Crippen LogP contribution in [0.1, 0.15) is 24.5 Å². The van der Waals surface area contributed by atoms with Crippen LogP contribution in [0.2, 0.25) is 5.02 Å². The molecule has 1 heterocycles. The van der Waals surface area contributed by atoms with Crippen LogP contribution in [0.25, 0.3) is 0 Å². The van der Waals surface area contributed by atoms with Gasteiger partial charge in [-0.15, -0.1) is 0 Å². The molecule has 2 aromatic rings. The molecule has 1 amide bonds. The van der Waals surface area contributed by atoms with E-state index < -0.39 is 5.60 Å². The summed E-state index contributed by atoms with van der Waals surface area (Å²) in [4.78, 5) is 17.8. The Morgan fingerprint density at radius 1 is 1.29 bits per heavy atom. The van der Waals surface area contributed by atoms with Crippen LogP contribution in [-0.2, 0) is 16.2 Å². The normalized spacial score (nSPS) is 19.5. The molecule has 4 nitrogen and oxygen atoms in total. The van der Waals surface area contributed by atoms with Gasteiger partial charge in [-0.25, -0.2) is 4.39 Å². The minimum absolute atomic E-state index is 0.0892. The quantitative estimate of drug-likeness (QED) is 0.918. The molecule has 0 unspecified atom stereocenters. The van der Waals surface area contributed by atoms with Crippen LogP contribution in [0.15, 0.2) is 53.7 Å². The molecule has 0 saturated carbocycles. The van der Waals surface area contributed by atoms with Crippen molar-refractivity contribution in [3.05, 3.63) is 70.5 Å². The molecule has 0 bridgehead atoms. The Morgan fingerprint density at radius 2 is 2.00 bits per heavy atom. The number of nitrogens with zero attached hydrogens (tertiary/aromatic N) is 1. The minimum atomic E-state index is -1.14. The molecule has 1 atom stereocenters. The number of hydrogen-bond acceptors (Lipinski definition) is 3. The number of nitrogens with one attached hydrogen (secondary N) is 1. The van der Waals surface area contributed by atoms with Crippen LogP contribution < -0.4 is 5.32 Å². The Labute approximate surface area is 144 Å². The van der Waals surface area contributed by atoms with E-state index in [1.807, 2.05) is 18.2 Å². The smallest absolute Gasteiger partial charge is 0.267 e. The number of oxime groups is 1. The molecule has 0 fully saturated rings. The Hall–Kier alpha value is -2.40. The van der Waals surface area contributed by atoms with Gasteiger partial charge in [-0.2, -0.15) is 0 Å². The van der Waals surface area contributed by atoms with Crippen molar-refractivity contribution in [2.24, 2.45) is 5.16 Å². The highest BCUT2D eigenvalue weighted by Crippen LogP contribution is 2.29. The van der Waals surface area contributed by atoms with E-state index in [0.29, 0.717) is 22.7 Å². The number of hydrogen-bond donors (Lipinski definition) is 1. The molecule has 1 aliphatic rings. The highest BCUT2D eigenvalue weighted by atomic mass is 35.5. The fourth-order valence-corrected chi connectivity index (χ4v) is 2.75. The summed E-state index contributed by atoms with van der Waals surface area (Å²) in [5.74, 6) is -0.708. The standard InChI is InChI=1S/C18H16ClFN2O2/c1-18(17(23)21-11-12-6-2-5-9-15(12)20)10-16(22-24-18)13-7-3-4-8-14(13)19/h2-9H,10-11H2,1H3,(H,21,23)/t18-/m0/s1. The van der Waals surface area contributed by atoms with E-state index >= 15 is 0 Å². The van der Waals surface area contributed by atoms with Crippen molar-refractivity contribution in [2.45, 2.75) is 25.5 Å². The Kier molecular flexibility index (Phi) is 4.53. The first-order valence-corrected chi connectivity index (χ1v) is 7.89. The number of rotatable bonds is 4. The number of amides is 1. The van der Waals surface area contributed by atoms with Gasteiger partial charge in [0.05, 0.1) is 5.71 Å². The fourth-order valence-electron chi connectivity index (χ4n) is 2.51. The third-order valence-electron chi connectivity index (χ3n) is 3.92. The van der Waals surface area contributed by atoms with Crippen LogP contribution in [0.5, 0.6) is 0 Å². The van der Waals surface area contributed by atoms with Crippen molar-refractivity contribution in [2.75, 3.05) is 0 Å². The average Bonchev–Trinajstić information content (AvgIpc) is 2.98. The van der Waals surface area contributed by atoms with Crippen LogP contribution in [-0.4, -0.2) is 17.2 Å². The number of halogens is 2. The first-order valence-electron chi connectivity index (χ1n) is 7.51. The summed E-state index contributed by atoms with van der Waals surface area (Å²) in [6, 6.07) is 13.6. The molecule has 6 heteroatoms. The van der Waals surface area contributed by atoms with Crippen molar-refractivity contribution >= 4 is 23.2 Å². The van der Waals surface area contributed by atoms with Gasteiger partial charge in [0.1, 0.15) is 5.82 Å². The minimum Gasteiger partial charge on any atom is -0.379 e. The van der Waals surface area contributed by atoms with Gasteiger partial charge in [0.2, 0.25) is 5.60 Å². The Morgan fingerprint density at radius 3 is 2.75 bits per heavy atom. The lowest BCUT2D eigenvalue weighted by atomic mass is 9.95. The van der Waals surface area contributed by atoms with Gasteiger partial charge >= 0.3 is 0 Å². The van der Waals surface area contributed by atoms with Crippen LogP contribution in [0.4, 0.5) is 4.39 Å². The zero-order chi connectivity index (χ0) is 17.2. The van der Waals surface area contributed by atoms with Gasteiger partial charge in [-0.1, -0.05) is 53.2 Å². The average molecular weight is 347 g/mol. The molecule has 3 rings (SSSR count). The molecule has 0 spiro atoms. The lowest BCUT2D eigenvalue weighted by Gasteiger charge is -2.20. The monoisotopic (exact) mass is 346 g/mol. The second kappa shape index (κ2) is 6.61. The van der Waals surface area contributed by atoms with Crippen LogP contribution in [0.3, 0.4) is 0 Å². The highest BCUT2D eigenvalue weighted by molar-refractivity contribution is 6.34.